The predicted molar refractivity (Wildman–Crippen MR) is 85.9 cm³/mol. The number of anilines is 2. The van der Waals surface area contributed by atoms with Gasteiger partial charge in [0, 0.05) is 30.4 Å². The van der Waals surface area contributed by atoms with Crippen LogP contribution in [0.15, 0.2) is 48.5 Å². The van der Waals surface area contributed by atoms with Crippen molar-refractivity contribution in [2.45, 2.75) is 13.3 Å². The molecule has 0 spiro atoms. The molecule has 0 aliphatic heterocycles. The Morgan fingerprint density at radius 3 is 2.57 bits per heavy atom. The topological polar surface area (TPSA) is 50.4 Å². The molecule has 0 aromatic heterocycles. The van der Waals surface area contributed by atoms with Gasteiger partial charge in [0.25, 0.3) is 0 Å². The Labute approximate surface area is 125 Å². The molecule has 0 aliphatic rings. The molecule has 0 aliphatic carbocycles. The summed E-state index contributed by atoms with van der Waals surface area (Å²) in [7, 11) is 1.60. The van der Waals surface area contributed by atoms with E-state index in [1.54, 1.807) is 13.2 Å². The van der Waals surface area contributed by atoms with E-state index in [9.17, 15) is 4.79 Å². The third-order valence-electron chi connectivity index (χ3n) is 3.09. The van der Waals surface area contributed by atoms with Crippen molar-refractivity contribution in [3.8, 4) is 5.75 Å². The number of aryl methyl sites for hydroxylation is 1. The number of benzene rings is 2. The van der Waals surface area contributed by atoms with Crippen molar-refractivity contribution in [1.82, 2.24) is 0 Å². The molecule has 0 bridgehead atoms. The van der Waals surface area contributed by atoms with Gasteiger partial charge >= 0.3 is 0 Å². The summed E-state index contributed by atoms with van der Waals surface area (Å²) in [5.74, 6) is 0.702. The Balaban J connectivity index is 1.78. The van der Waals surface area contributed by atoms with E-state index in [0.29, 0.717) is 13.0 Å². The lowest BCUT2D eigenvalue weighted by Gasteiger charge is -2.08. The van der Waals surface area contributed by atoms with Gasteiger partial charge in [-0.05, 0) is 31.2 Å². The van der Waals surface area contributed by atoms with Crippen LogP contribution in [0.2, 0.25) is 0 Å². The van der Waals surface area contributed by atoms with Gasteiger partial charge in [-0.25, -0.2) is 0 Å². The molecule has 21 heavy (non-hydrogen) atoms. The lowest BCUT2D eigenvalue weighted by atomic mass is 10.2. The molecule has 2 rings (SSSR count). The summed E-state index contributed by atoms with van der Waals surface area (Å²) in [6.07, 6.45) is 0.408. The monoisotopic (exact) mass is 284 g/mol. The van der Waals surface area contributed by atoms with Gasteiger partial charge in [0.15, 0.2) is 0 Å². The lowest BCUT2D eigenvalue weighted by Crippen LogP contribution is -2.16. The minimum Gasteiger partial charge on any atom is -0.497 e. The van der Waals surface area contributed by atoms with Crippen LogP contribution in [0.25, 0.3) is 0 Å². The quantitative estimate of drug-likeness (QED) is 0.854. The van der Waals surface area contributed by atoms with Crippen LogP contribution < -0.4 is 15.4 Å². The molecule has 0 heterocycles. The average molecular weight is 284 g/mol. The fourth-order valence-corrected chi connectivity index (χ4v) is 1.92. The molecule has 2 N–H and O–H groups in total. The van der Waals surface area contributed by atoms with Crippen molar-refractivity contribution in [1.29, 1.82) is 0 Å². The first-order chi connectivity index (χ1) is 10.2. The van der Waals surface area contributed by atoms with E-state index >= 15 is 0 Å². The fraction of sp³-hybridized carbons (Fsp3) is 0.235. The first kappa shape index (κ1) is 14.9. The van der Waals surface area contributed by atoms with Crippen LogP contribution in [0.3, 0.4) is 0 Å². The number of amides is 1. The van der Waals surface area contributed by atoms with E-state index in [1.165, 1.54) is 5.56 Å². The number of nitrogens with one attached hydrogen (secondary N) is 2. The largest absolute Gasteiger partial charge is 0.497 e. The van der Waals surface area contributed by atoms with Crippen LogP contribution in [0.5, 0.6) is 5.75 Å². The van der Waals surface area contributed by atoms with Crippen LogP contribution in [-0.4, -0.2) is 19.6 Å². The van der Waals surface area contributed by atoms with Crippen molar-refractivity contribution >= 4 is 17.3 Å². The summed E-state index contributed by atoms with van der Waals surface area (Å²) in [4.78, 5) is 11.9. The highest BCUT2D eigenvalue weighted by Crippen LogP contribution is 2.16. The van der Waals surface area contributed by atoms with Gasteiger partial charge in [-0.15, -0.1) is 0 Å². The van der Waals surface area contributed by atoms with E-state index in [2.05, 4.69) is 10.6 Å². The minimum absolute atomic E-state index is 0.0251. The van der Waals surface area contributed by atoms with Gasteiger partial charge in [0.2, 0.25) is 5.91 Å². The lowest BCUT2D eigenvalue weighted by molar-refractivity contribution is -0.115. The van der Waals surface area contributed by atoms with Gasteiger partial charge in [0.05, 0.1) is 7.11 Å². The van der Waals surface area contributed by atoms with E-state index in [0.717, 1.165) is 17.1 Å². The number of carbonyl (C=O) groups is 1. The molecule has 2 aromatic carbocycles. The van der Waals surface area contributed by atoms with E-state index in [-0.39, 0.29) is 5.91 Å². The Bertz CT molecular complexity index is 594. The van der Waals surface area contributed by atoms with E-state index < -0.39 is 0 Å². The smallest absolute Gasteiger partial charge is 0.226 e. The molecular weight excluding hydrogens is 264 g/mol. The second-order valence-electron chi connectivity index (χ2n) is 4.82. The molecule has 0 unspecified atom stereocenters. The predicted octanol–water partition coefficient (Wildman–Crippen LogP) is 3.44. The summed E-state index contributed by atoms with van der Waals surface area (Å²) in [6, 6.07) is 15.4. The number of hydrogen-bond acceptors (Lipinski definition) is 3. The Morgan fingerprint density at radius 1 is 1.10 bits per heavy atom. The molecule has 0 fully saturated rings. The van der Waals surface area contributed by atoms with Gasteiger partial charge in [-0.3, -0.25) is 4.79 Å². The molecule has 0 saturated heterocycles. The SMILES string of the molecule is COc1cccc(NC(=O)CCNc2ccc(C)cc2)c1. The Morgan fingerprint density at radius 2 is 1.86 bits per heavy atom. The number of carbonyl (C=O) groups excluding carboxylic acids is 1. The van der Waals surface area contributed by atoms with Crippen molar-refractivity contribution in [2.24, 2.45) is 0 Å². The molecular formula is C17H20N2O2. The molecule has 0 saturated carbocycles. The van der Waals surface area contributed by atoms with E-state index in [1.807, 2.05) is 49.4 Å². The number of ether oxygens (including phenoxy) is 1. The highest BCUT2D eigenvalue weighted by Gasteiger charge is 2.03. The molecule has 1 amide bonds. The third-order valence-corrected chi connectivity index (χ3v) is 3.09. The maximum absolute atomic E-state index is 11.9. The highest BCUT2D eigenvalue weighted by atomic mass is 16.5. The highest BCUT2D eigenvalue weighted by molar-refractivity contribution is 5.91. The molecule has 0 atom stereocenters. The summed E-state index contributed by atoms with van der Waals surface area (Å²) in [5, 5.41) is 6.08. The zero-order valence-electron chi connectivity index (χ0n) is 12.3. The maximum Gasteiger partial charge on any atom is 0.226 e. The summed E-state index contributed by atoms with van der Waals surface area (Å²) in [5.41, 5.74) is 2.99. The second-order valence-corrected chi connectivity index (χ2v) is 4.82. The van der Waals surface area contributed by atoms with Crippen LogP contribution in [0, 0.1) is 6.92 Å². The third kappa shape index (κ3) is 4.84. The zero-order chi connectivity index (χ0) is 15.1. The number of methoxy groups -OCH3 is 1. The Hall–Kier alpha value is -2.49. The van der Waals surface area contributed by atoms with Gasteiger partial charge < -0.3 is 15.4 Å². The first-order valence-corrected chi connectivity index (χ1v) is 6.92. The maximum atomic E-state index is 11.9. The standard InChI is InChI=1S/C17H20N2O2/c1-13-6-8-14(9-7-13)18-11-10-17(20)19-15-4-3-5-16(12-15)21-2/h3-9,12,18H,10-11H2,1-2H3,(H,19,20). The summed E-state index contributed by atoms with van der Waals surface area (Å²) < 4.78 is 5.12. The molecule has 0 radical (unpaired) electrons. The molecule has 2 aromatic rings. The minimum atomic E-state index is -0.0251. The number of rotatable bonds is 6. The Kier molecular flexibility index (Phi) is 5.21. The normalized spacial score (nSPS) is 10.0. The summed E-state index contributed by atoms with van der Waals surface area (Å²) >= 11 is 0. The van der Waals surface area contributed by atoms with E-state index in [4.69, 9.17) is 4.74 Å². The van der Waals surface area contributed by atoms with Gasteiger partial charge in [0.1, 0.15) is 5.75 Å². The van der Waals surface area contributed by atoms with Crippen molar-refractivity contribution < 1.29 is 9.53 Å². The zero-order valence-corrected chi connectivity index (χ0v) is 12.3. The molecule has 110 valence electrons. The number of hydrogen-bond donors (Lipinski definition) is 2. The van der Waals surface area contributed by atoms with Crippen LogP contribution in [0.4, 0.5) is 11.4 Å². The molecule has 4 nitrogen and oxygen atoms in total. The fourth-order valence-electron chi connectivity index (χ4n) is 1.92. The van der Waals surface area contributed by atoms with Gasteiger partial charge in [-0.2, -0.15) is 0 Å². The average Bonchev–Trinajstić information content (AvgIpc) is 2.49. The first-order valence-electron chi connectivity index (χ1n) is 6.92. The second kappa shape index (κ2) is 7.33. The van der Waals surface area contributed by atoms with Crippen molar-refractivity contribution in [2.75, 3.05) is 24.3 Å². The van der Waals surface area contributed by atoms with Crippen LogP contribution in [0.1, 0.15) is 12.0 Å². The van der Waals surface area contributed by atoms with Crippen molar-refractivity contribution in [3.05, 3.63) is 54.1 Å². The van der Waals surface area contributed by atoms with Crippen molar-refractivity contribution in [3.63, 3.8) is 0 Å². The summed E-state index contributed by atoms with van der Waals surface area (Å²) in [6.45, 7) is 2.64. The van der Waals surface area contributed by atoms with Crippen LogP contribution in [-0.2, 0) is 4.79 Å². The van der Waals surface area contributed by atoms with Gasteiger partial charge in [-0.1, -0.05) is 23.8 Å². The van der Waals surface area contributed by atoms with Crippen LogP contribution >= 0.6 is 0 Å². The molecule has 4 heteroatoms.